The fraction of sp³-hybridized carbons (Fsp3) is 0.533. The molecule has 1 fully saturated rings. The van der Waals surface area contributed by atoms with E-state index in [1.807, 2.05) is 6.07 Å². The van der Waals surface area contributed by atoms with Crippen LogP contribution in [0.3, 0.4) is 0 Å². The molecule has 5 nitrogen and oxygen atoms in total. The molecule has 6 heteroatoms. The van der Waals surface area contributed by atoms with Crippen LogP contribution in [-0.4, -0.2) is 36.5 Å². The monoisotopic (exact) mass is 308 g/mol. The minimum absolute atomic E-state index is 0.241. The van der Waals surface area contributed by atoms with Gasteiger partial charge in [-0.25, -0.2) is 8.42 Å². The fourth-order valence-electron chi connectivity index (χ4n) is 2.50. The highest BCUT2D eigenvalue weighted by atomic mass is 32.2. The van der Waals surface area contributed by atoms with Gasteiger partial charge in [0.15, 0.2) is 0 Å². The standard InChI is InChI=1S/C15H20N2O3S/c1-15(18)8-2-11-17(12-9-15)21(19,20)14-5-3-13(4-6-14)7-10-16/h3-6,18H,2,7-9,11-12H2,1H3. The SMILES string of the molecule is CC1(O)CCCN(S(=O)(=O)c2ccc(CC#N)cc2)CC1. The zero-order chi connectivity index (χ0) is 15.5. The molecule has 0 saturated carbocycles. The van der Waals surface area contributed by atoms with E-state index in [0.717, 1.165) is 5.56 Å². The van der Waals surface area contributed by atoms with Crippen molar-refractivity contribution in [2.45, 2.75) is 43.1 Å². The molecule has 1 aliphatic rings. The molecule has 2 rings (SSSR count). The molecular weight excluding hydrogens is 288 g/mol. The van der Waals surface area contributed by atoms with Crippen molar-refractivity contribution in [2.24, 2.45) is 0 Å². The summed E-state index contributed by atoms with van der Waals surface area (Å²) in [6.45, 7) is 2.51. The van der Waals surface area contributed by atoms with Crippen molar-refractivity contribution in [3.8, 4) is 6.07 Å². The lowest BCUT2D eigenvalue weighted by molar-refractivity contribution is 0.0465. The van der Waals surface area contributed by atoms with E-state index in [9.17, 15) is 13.5 Å². The van der Waals surface area contributed by atoms with Crippen LogP contribution >= 0.6 is 0 Å². The van der Waals surface area contributed by atoms with E-state index in [2.05, 4.69) is 0 Å². The normalized spacial score (nSPS) is 24.2. The molecule has 1 aromatic rings. The zero-order valence-corrected chi connectivity index (χ0v) is 12.9. The highest BCUT2D eigenvalue weighted by Crippen LogP contribution is 2.25. The molecule has 1 N–H and O–H groups in total. The van der Waals surface area contributed by atoms with E-state index in [1.54, 1.807) is 31.2 Å². The second-order valence-electron chi connectivity index (χ2n) is 5.73. The maximum Gasteiger partial charge on any atom is 0.243 e. The number of nitriles is 1. The molecule has 114 valence electrons. The summed E-state index contributed by atoms with van der Waals surface area (Å²) in [7, 11) is -3.53. The Morgan fingerprint density at radius 2 is 1.95 bits per heavy atom. The van der Waals surface area contributed by atoms with Crippen LogP contribution in [-0.2, 0) is 16.4 Å². The van der Waals surface area contributed by atoms with Gasteiger partial charge in [0.1, 0.15) is 0 Å². The third-order valence-electron chi connectivity index (χ3n) is 3.87. The summed E-state index contributed by atoms with van der Waals surface area (Å²) in [6.07, 6.45) is 1.98. The van der Waals surface area contributed by atoms with E-state index in [1.165, 1.54) is 4.31 Å². The first-order chi connectivity index (χ1) is 9.85. The van der Waals surface area contributed by atoms with Crippen molar-refractivity contribution in [3.63, 3.8) is 0 Å². The van der Waals surface area contributed by atoms with Gasteiger partial charge in [-0.3, -0.25) is 0 Å². The third kappa shape index (κ3) is 3.82. The van der Waals surface area contributed by atoms with E-state index in [0.29, 0.717) is 32.4 Å². The smallest absolute Gasteiger partial charge is 0.243 e. The van der Waals surface area contributed by atoms with Crippen molar-refractivity contribution < 1.29 is 13.5 Å². The van der Waals surface area contributed by atoms with Crippen LogP contribution < -0.4 is 0 Å². The van der Waals surface area contributed by atoms with Gasteiger partial charge in [-0.2, -0.15) is 9.57 Å². The highest BCUT2D eigenvalue weighted by Gasteiger charge is 2.31. The lowest BCUT2D eigenvalue weighted by Crippen LogP contribution is -2.33. The third-order valence-corrected chi connectivity index (χ3v) is 5.78. The molecule has 0 aromatic heterocycles. The number of rotatable bonds is 3. The van der Waals surface area contributed by atoms with Crippen molar-refractivity contribution in [3.05, 3.63) is 29.8 Å². The van der Waals surface area contributed by atoms with Crippen molar-refractivity contribution in [1.29, 1.82) is 5.26 Å². The summed E-state index contributed by atoms with van der Waals surface area (Å²) >= 11 is 0. The van der Waals surface area contributed by atoms with Crippen LogP contribution in [0.4, 0.5) is 0 Å². The lowest BCUT2D eigenvalue weighted by Gasteiger charge is -2.22. The van der Waals surface area contributed by atoms with E-state index in [4.69, 9.17) is 5.26 Å². The zero-order valence-electron chi connectivity index (χ0n) is 12.1. The number of hydrogen-bond acceptors (Lipinski definition) is 4. The molecule has 1 unspecified atom stereocenters. The molecule has 1 heterocycles. The molecule has 0 aliphatic carbocycles. The Kier molecular flexibility index (Phi) is 4.67. The Morgan fingerprint density at radius 3 is 2.57 bits per heavy atom. The molecule has 1 atom stereocenters. The number of sulfonamides is 1. The summed E-state index contributed by atoms with van der Waals surface area (Å²) < 4.78 is 26.6. The second-order valence-corrected chi connectivity index (χ2v) is 7.67. The minimum Gasteiger partial charge on any atom is -0.390 e. The van der Waals surface area contributed by atoms with Gasteiger partial charge in [0.25, 0.3) is 0 Å². The molecule has 1 aromatic carbocycles. The van der Waals surface area contributed by atoms with Crippen LogP contribution in [0.15, 0.2) is 29.2 Å². The minimum atomic E-state index is -3.53. The first-order valence-electron chi connectivity index (χ1n) is 7.04. The summed E-state index contributed by atoms with van der Waals surface area (Å²) in [5, 5.41) is 18.7. The van der Waals surface area contributed by atoms with Crippen molar-refractivity contribution >= 4 is 10.0 Å². The maximum atomic E-state index is 12.6. The Morgan fingerprint density at radius 1 is 1.29 bits per heavy atom. The topological polar surface area (TPSA) is 81.4 Å². The van der Waals surface area contributed by atoms with Crippen LogP contribution in [0.5, 0.6) is 0 Å². The molecule has 21 heavy (non-hydrogen) atoms. The van der Waals surface area contributed by atoms with Gasteiger partial charge in [0, 0.05) is 13.1 Å². The summed E-state index contributed by atoms with van der Waals surface area (Å²) in [6, 6.07) is 8.47. The lowest BCUT2D eigenvalue weighted by atomic mass is 9.98. The highest BCUT2D eigenvalue weighted by molar-refractivity contribution is 7.89. The van der Waals surface area contributed by atoms with Crippen LogP contribution in [0.1, 0.15) is 31.7 Å². The second kappa shape index (κ2) is 6.14. The molecule has 0 bridgehead atoms. The van der Waals surface area contributed by atoms with E-state index in [-0.39, 0.29) is 11.3 Å². The quantitative estimate of drug-likeness (QED) is 0.921. The van der Waals surface area contributed by atoms with Crippen molar-refractivity contribution in [1.82, 2.24) is 4.31 Å². The molecule has 1 aliphatic heterocycles. The molecule has 0 radical (unpaired) electrons. The predicted molar refractivity (Wildman–Crippen MR) is 79.0 cm³/mol. The molecule has 1 saturated heterocycles. The number of benzene rings is 1. The van der Waals surface area contributed by atoms with Gasteiger partial charge < -0.3 is 5.11 Å². The Balaban J connectivity index is 2.19. The average Bonchev–Trinajstić information content (AvgIpc) is 2.61. The van der Waals surface area contributed by atoms with Gasteiger partial charge in [0.05, 0.1) is 23.0 Å². The first kappa shape index (κ1) is 16.0. The summed E-state index contributed by atoms with van der Waals surface area (Å²) in [5.74, 6) is 0. The van der Waals surface area contributed by atoms with Crippen LogP contribution in [0.25, 0.3) is 0 Å². The van der Waals surface area contributed by atoms with E-state index < -0.39 is 15.6 Å². The largest absolute Gasteiger partial charge is 0.390 e. The molecule has 0 amide bonds. The van der Waals surface area contributed by atoms with Gasteiger partial charge in [-0.05, 0) is 43.9 Å². The molecular formula is C15H20N2O3S. The summed E-state index contributed by atoms with van der Waals surface area (Å²) in [5.41, 5.74) is 0.0104. The molecule has 0 spiro atoms. The Labute approximate surface area is 125 Å². The number of aliphatic hydroxyl groups is 1. The van der Waals surface area contributed by atoms with Gasteiger partial charge in [-0.1, -0.05) is 12.1 Å². The van der Waals surface area contributed by atoms with Crippen molar-refractivity contribution in [2.75, 3.05) is 13.1 Å². The summed E-state index contributed by atoms with van der Waals surface area (Å²) in [4.78, 5) is 0.241. The van der Waals surface area contributed by atoms with Crippen LogP contribution in [0, 0.1) is 11.3 Å². The number of hydrogen-bond donors (Lipinski definition) is 1. The number of nitrogens with zero attached hydrogens (tertiary/aromatic N) is 2. The van der Waals surface area contributed by atoms with E-state index >= 15 is 0 Å². The first-order valence-corrected chi connectivity index (χ1v) is 8.48. The maximum absolute atomic E-state index is 12.6. The average molecular weight is 308 g/mol. The predicted octanol–water partition coefficient (Wildman–Crippen LogP) is 1.68. The fourth-order valence-corrected chi connectivity index (χ4v) is 3.98. The Hall–Kier alpha value is -1.42. The van der Waals surface area contributed by atoms with Gasteiger partial charge in [0.2, 0.25) is 10.0 Å². The Bertz CT molecular complexity index is 630. The van der Waals surface area contributed by atoms with Gasteiger partial charge >= 0.3 is 0 Å². The van der Waals surface area contributed by atoms with Crippen LogP contribution in [0.2, 0.25) is 0 Å². The van der Waals surface area contributed by atoms with Gasteiger partial charge in [-0.15, -0.1) is 0 Å².